The predicted molar refractivity (Wildman–Crippen MR) is 103 cm³/mol. The van der Waals surface area contributed by atoms with E-state index in [-0.39, 0.29) is 17.5 Å². The van der Waals surface area contributed by atoms with Crippen LogP contribution >= 0.6 is 11.6 Å². The van der Waals surface area contributed by atoms with Gasteiger partial charge < -0.3 is 20.1 Å². The Kier molecular flexibility index (Phi) is 6.80. The summed E-state index contributed by atoms with van der Waals surface area (Å²) in [6, 6.07) is 6.75. The highest BCUT2D eigenvalue weighted by Gasteiger charge is 2.13. The first-order valence-corrected chi connectivity index (χ1v) is 9.05. The Morgan fingerprint density at radius 2 is 2.15 bits per heavy atom. The number of anilines is 2. The van der Waals surface area contributed by atoms with Crippen molar-refractivity contribution in [2.45, 2.75) is 0 Å². The van der Waals surface area contributed by atoms with E-state index in [1.165, 1.54) is 6.20 Å². The molecule has 8 nitrogen and oxygen atoms in total. The van der Waals surface area contributed by atoms with Crippen LogP contribution in [0.15, 0.2) is 30.5 Å². The molecule has 0 atom stereocenters. The van der Waals surface area contributed by atoms with Crippen molar-refractivity contribution in [3.8, 4) is 5.75 Å². The van der Waals surface area contributed by atoms with Crippen LogP contribution in [0.2, 0.25) is 5.02 Å². The molecular formula is C18H22ClN5O3. The first-order valence-electron chi connectivity index (χ1n) is 8.67. The number of carbonyl (C=O) groups excluding carboxylic acids is 1. The standard InChI is InChI=1S/C18H22ClN5O3/c1-26-16-3-2-13(19)12-15(16)23-18-21-5-4-14(22-18)17(25)20-6-7-24-8-10-27-11-9-24/h2-5,12H,6-11H2,1H3,(H,20,25)(H,21,22,23). The molecule has 2 aromatic rings. The third-order valence-electron chi connectivity index (χ3n) is 4.11. The fraction of sp³-hybridized carbons (Fsp3) is 0.389. The summed E-state index contributed by atoms with van der Waals surface area (Å²) < 4.78 is 10.6. The van der Waals surface area contributed by atoms with E-state index >= 15 is 0 Å². The summed E-state index contributed by atoms with van der Waals surface area (Å²) in [5.74, 6) is 0.645. The molecule has 0 bridgehead atoms. The maximum atomic E-state index is 12.4. The second-order valence-corrected chi connectivity index (χ2v) is 6.38. The molecule has 3 rings (SSSR count). The molecule has 1 aliphatic rings. The Morgan fingerprint density at radius 3 is 2.93 bits per heavy atom. The van der Waals surface area contributed by atoms with Gasteiger partial charge in [0.1, 0.15) is 11.4 Å². The second-order valence-electron chi connectivity index (χ2n) is 5.95. The fourth-order valence-electron chi connectivity index (χ4n) is 2.69. The smallest absolute Gasteiger partial charge is 0.270 e. The van der Waals surface area contributed by atoms with E-state index in [9.17, 15) is 4.79 Å². The predicted octanol–water partition coefficient (Wildman–Crippen LogP) is 1.94. The molecule has 2 N–H and O–H groups in total. The number of morpholine rings is 1. The van der Waals surface area contributed by atoms with E-state index in [1.807, 2.05) is 0 Å². The van der Waals surface area contributed by atoms with Gasteiger partial charge in [-0.25, -0.2) is 9.97 Å². The first-order chi connectivity index (χ1) is 13.2. The molecule has 1 amide bonds. The average Bonchev–Trinajstić information content (AvgIpc) is 2.69. The molecule has 1 saturated heterocycles. The van der Waals surface area contributed by atoms with Crippen molar-refractivity contribution >= 4 is 29.1 Å². The normalized spacial score (nSPS) is 14.6. The number of amides is 1. The number of aromatic nitrogens is 2. The van der Waals surface area contributed by atoms with Crippen LogP contribution in [0, 0.1) is 0 Å². The lowest BCUT2D eigenvalue weighted by Gasteiger charge is -2.26. The third kappa shape index (κ3) is 5.53. The number of nitrogens with one attached hydrogen (secondary N) is 2. The van der Waals surface area contributed by atoms with Crippen molar-refractivity contribution in [3.63, 3.8) is 0 Å². The van der Waals surface area contributed by atoms with Crippen molar-refractivity contribution in [2.24, 2.45) is 0 Å². The largest absolute Gasteiger partial charge is 0.495 e. The van der Waals surface area contributed by atoms with Gasteiger partial charge in [-0.1, -0.05) is 11.6 Å². The van der Waals surface area contributed by atoms with Crippen LogP contribution in [-0.2, 0) is 4.74 Å². The zero-order valence-corrected chi connectivity index (χ0v) is 15.8. The quantitative estimate of drug-likeness (QED) is 0.745. The maximum absolute atomic E-state index is 12.4. The molecule has 27 heavy (non-hydrogen) atoms. The first kappa shape index (κ1) is 19.3. The van der Waals surface area contributed by atoms with Crippen LogP contribution in [0.5, 0.6) is 5.75 Å². The Hall–Kier alpha value is -2.42. The lowest BCUT2D eigenvalue weighted by atomic mass is 10.3. The number of carbonyl (C=O) groups is 1. The molecule has 9 heteroatoms. The van der Waals surface area contributed by atoms with Gasteiger partial charge >= 0.3 is 0 Å². The van der Waals surface area contributed by atoms with Crippen LogP contribution in [0.4, 0.5) is 11.6 Å². The molecule has 0 spiro atoms. The summed E-state index contributed by atoms with van der Waals surface area (Å²) >= 11 is 6.03. The molecule has 144 valence electrons. The van der Waals surface area contributed by atoms with E-state index in [0.717, 1.165) is 32.8 Å². The summed E-state index contributed by atoms with van der Waals surface area (Å²) in [5.41, 5.74) is 0.908. The maximum Gasteiger partial charge on any atom is 0.270 e. The van der Waals surface area contributed by atoms with Gasteiger partial charge in [-0.05, 0) is 24.3 Å². The lowest BCUT2D eigenvalue weighted by Crippen LogP contribution is -2.41. The molecule has 0 aliphatic carbocycles. The molecule has 1 aromatic carbocycles. The molecule has 2 heterocycles. The van der Waals surface area contributed by atoms with Crippen LogP contribution < -0.4 is 15.4 Å². The minimum absolute atomic E-state index is 0.244. The molecule has 1 aliphatic heterocycles. The van der Waals surface area contributed by atoms with Crippen molar-refractivity contribution in [3.05, 3.63) is 41.2 Å². The van der Waals surface area contributed by atoms with Gasteiger partial charge in [-0.2, -0.15) is 0 Å². The van der Waals surface area contributed by atoms with Crippen LogP contribution in [0.1, 0.15) is 10.5 Å². The number of hydrogen-bond acceptors (Lipinski definition) is 7. The SMILES string of the molecule is COc1ccc(Cl)cc1Nc1nccc(C(=O)NCCN2CCOCC2)n1. The number of hydrogen-bond donors (Lipinski definition) is 2. The van der Waals surface area contributed by atoms with Crippen molar-refractivity contribution in [1.29, 1.82) is 0 Å². The molecule has 0 saturated carbocycles. The van der Waals surface area contributed by atoms with E-state index in [0.29, 0.717) is 23.0 Å². The van der Waals surface area contributed by atoms with Gasteiger partial charge in [0.2, 0.25) is 5.95 Å². The molecular weight excluding hydrogens is 370 g/mol. The van der Waals surface area contributed by atoms with Crippen LogP contribution in [-0.4, -0.2) is 67.3 Å². The number of halogens is 1. The lowest BCUT2D eigenvalue weighted by molar-refractivity contribution is 0.0383. The summed E-state index contributed by atoms with van der Waals surface area (Å²) in [5, 5.41) is 6.47. The summed E-state index contributed by atoms with van der Waals surface area (Å²) in [7, 11) is 1.56. The third-order valence-corrected chi connectivity index (χ3v) is 4.35. The summed E-state index contributed by atoms with van der Waals surface area (Å²) in [4.78, 5) is 23.0. The van der Waals surface area contributed by atoms with Crippen molar-refractivity contribution < 1.29 is 14.3 Å². The number of benzene rings is 1. The molecule has 0 radical (unpaired) electrons. The Labute approximate surface area is 162 Å². The Balaban J connectivity index is 1.59. The average molecular weight is 392 g/mol. The van der Waals surface area contributed by atoms with E-state index < -0.39 is 0 Å². The van der Waals surface area contributed by atoms with E-state index in [2.05, 4.69) is 25.5 Å². The topological polar surface area (TPSA) is 88.6 Å². The van der Waals surface area contributed by atoms with Crippen molar-refractivity contribution in [2.75, 3.05) is 51.8 Å². The number of nitrogens with zero attached hydrogens (tertiary/aromatic N) is 3. The second kappa shape index (κ2) is 9.50. The molecule has 1 fully saturated rings. The van der Waals surface area contributed by atoms with Gasteiger partial charge in [0.05, 0.1) is 26.0 Å². The monoisotopic (exact) mass is 391 g/mol. The number of ether oxygens (including phenoxy) is 2. The van der Waals surface area contributed by atoms with Gasteiger partial charge in [-0.3, -0.25) is 9.69 Å². The highest BCUT2D eigenvalue weighted by Crippen LogP contribution is 2.29. The fourth-order valence-corrected chi connectivity index (χ4v) is 2.86. The Morgan fingerprint density at radius 1 is 1.33 bits per heavy atom. The van der Waals surface area contributed by atoms with Crippen LogP contribution in [0.25, 0.3) is 0 Å². The zero-order chi connectivity index (χ0) is 19.1. The Bertz CT molecular complexity index is 783. The minimum atomic E-state index is -0.244. The molecule has 0 unspecified atom stereocenters. The van der Waals surface area contributed by atoms with Gasteiger partial charge in [0.15, 0.2) is 0 Å². The number of rotatable bonds is 7. The van der Waals surface area contributed by atoms with Gasteiger partial charge in [-0.15, -0.1) is 0 Å². The highest BCUT2D eigenvalue weighted by atomic mass is 35.5. The highest BCUT2D eigenvalue weighted by molar-refractivity contribution is 6.31. The van der Waals surface area contributed by atoms with Crippen LogP contribution in [0.3, 0.4) is 0 Å². The molecule has 1 aromatic heterocycles. The zero-order valence-electron chi connectivity index (χ0n) is 15.1. The van der Waals surface area contributed by atoms with Gasteiger partial charge in [0.25, 0.3) is 5.91 Å². The summed E-state index contributed by atoms with van der Waals surface area (Å²) in [6.45, 7) is 4.58. The summed E-state index contributed by atoms with van der Waals surface area (Å²) in [6.07, 6.45) is 1.53. The number of methoxy groups -OCH3 is 1. The minimum Gasteiger partial charge on any atom is -0.495 e. The van der Waals surface area contributed by atoms with Crippen molar-refractivity contribution in [1.82, 2.24) is 20.2 Å². The van der Waals surface area contributed by atoms with E-state index in [1.54, 1.807) is 31.4 Å². The van der Waals surface area contributed by atoms with E-state index in [4.69, 9.17) is 21.1 Å². The van der Waals surface area contributed by atoms with Gasteiger partial charge in [0, 0.05) is 37.4 Å².